The topological polar surface area (TPSA) is 22.1 Å². The summed E-state index contributed by atoms with van der Waals surface area (Å²) in [6, 6.07) is 5.95. The van der Waals surface area contributed by atoms with Crippen LogP contribution in [0, 0.1) is 0 Å². The molecule has 0 aliphatic carbocycles. The van der Waals surface area contributed by atoms with Gasteiger partial charge in [-0.05, 0) is 19.4 Å². The zero-order chi connectivity index (χ0) is 11.3. The van der Waals surface area contributed by atoms with Crippen LogP contribution in [0.15, 0.2) is 18.2 Å². The highest BCUT2D eigenvalue weighted by atomic mass is 79.9. The third-order valence-electron chi connectivity index (χ3n) is 2.44. The van der Waals surface area contributed by atoms with Crippen molar-refractivity contribution >= 4 is 15.9 Å². The fraction of sp³-hybridized carbons (Fsp3) is 0.583. The smallest absolute Gasteiger partial charge is 0.213 e. The van der Waals surface area contributed by atoms with Gasteiger partial charge in [-0.2, -0.15) is 0 Å². The van der Waals surface area contributed by atoms with Crippen molar-refractivity contribution in [1.29, 1.82) is 0 Å². The Balaban J connectivity index is 2.80. The van der Waals surface area contributed by atoms with Crippen molar-refractivity contribution in [2.45, 2.75) is 37.9 Å². The summed E-state index contributed by atoms with van der Waals surface area (Å²) in [6.07, 6.45) is 1.10. The summed E-state index contributed by atoms with van der Waals surface area (Å²) in [5.74, 6) is 1.13. The Hall–Kier alpha value is -0.570. The van der Waals surface area contributed by atoms with Gasteiger partial charge in [0, 0.05) is 22.5 Å². The van der Waals surface area contributed by atoms with Crippen LogP contribution in [0.2, 0.25) is 0 Å². The average Bonchev–Trinajstić information content (AvgIpc) is 2.28. The van der Waals surface area contributed by atoms with Crippen LogP contribution in [-0.4, -0.2) is 16.4 Å². The summed E-state index contributed by atoms with van der Waals surface area (Å²) >= 11 is 3.66. The normalized spacial score (nSPS) is 14.7. The van der Waals surface area contributed by atoms with E-state index in [-0.39, 0.29) is 0 Å². The molecule has 0 bridgehead atoms. The first-order chi connectivity index (χ1) is 7.19. The lowest BCUT2D eigenvalue weighted by molar-refractivity contribution is 0.325. The summed E-state index contributed by atoms with van der Waals surface area (Å²) in [5, 5.41) is 0. The fourth-order valence-corrected chi connectivity index (χ4v) is 1.72. The van der Waals surface area contributed by atoms with Gasteiger partial charge in [0.1, 0.15) is 0 Å². The molecular weight excluding hydrogens is 254 g/mol. The Morgan fingerprint density at radius 1 is 1.40 bits per heavy atom. The molecule has 0 spiro atoms. The van der Waals surface area contributed by atoms with E-state index >= 15 is 0 Å². The Bertz CT molecular complexity index is 303. The van der Waals surface area contributed by atoms with Gasteiger partial charge in [-0.3, -0.25) is 0 Å². The van der Waals surface area contributed by atoms with Crippen LogP contribution in [0.4, 0.5) is 0 Å². The van der Waals surface area contributed by atoms with Crippen molar-refractivity contribution < 1.29 is 4.74 Å². The number of pyridine rings is 1. The van der Waals surface area contributed by atoms with Crippen LogP contribution >= 0.6 is 15.9 Å². The Morgan fingerprint density at radius 3 is 2.73 bits per heavy atom. The molecule has 1 aromatic heterocycles. The molecule has 0 aromatic carbocycles. The first-order valence-electron chi connectivity index (χ1n) is 5.42. The number of ether oxygens (including phenoxy) is 1. The van der Waals surface area contributed by atoms with Gasteiger partial charge < -0.3 is 4.74 Å². The van der Waals surface area contributed by atoms with Gasteiger partial charge in [-0.1, -0.05) is 35.8 Å². The highest BCUT2D eigenvalue weighted by Gasteiger charge is 2.15. The fourth-order valence-electron chi connectivity index (χ4n) is 1.45. The minimum atomic E-state index is 0.412. The second kappa shape index (κ2) is 6.11. The largest absolute Gasteiger partial charge is 0.478 e. The number of nitrogens with zero attached hydrogens (tertiary/aromatic N) is 1. The maximum absolute atomic E-state index is 5.38. The number of halogens is 1. The monoisotopic (exact) mass is 271 g/mol. The Labute approximate surface area is 100 Å². The molecule has 84 valence electrons. The van der Waals surface area contributed by atoms with Crippen LogP contribution in [0.3, 0.4) is 0 Å². The van der Waals surface area contributed by atoms with E-state index in [0.717, 1.165) is 18.0 Å². The number of rotatable bonds is 5. The molecule has 15 heavy (non-hydrogen) atoms. The molecule has 0 N–H and O–H groups in total. The molecule has 0 aliphatic rings. The molecule has 2 atom stereocenters. The predicted molar refractivity (Wildman–Crippen MR) is 66.8 cm³/mol. The molecule has 1 aromatic rings. The summed E-state index contributed by atoms with van der Waals surface area (Å²) < 4.78 is 5.38. The molecule has 1 rings (SSSR count). The second-order valence-electron chi connectivity index (χ2n) is 3.55. The van der Waals surface area contributed by atoms with E-state index < -0.39 is 0 Å². The summed E-state index contributed by atoms with van der Waals surface area (Å²) in [4.78, 5) is 4.95. The minimum absolute atomic E-state index is 0.412. The van der Waals surface area contributed by atoms with E-state index in [2.05, 4.69) is 40.8 Å². The number of aromatic nitrogens is 1. The van der Waals surface area contributed by atoms with E-state index in [4.69, 9.17) is 4.74 Å². The van der Waals surface area contributed by atoms with Crippen molar-refractivity contribution in [2.24, 2.45) is 0 Å². The average molecular weight is 272 g/mol. The molecule has 0 amide bonds. The van der Waals surface area contributed by atoms with Crippen molar-refractivity contribution in [3.8, 4) is 5.88 Å². The van der Waals surface area contributed by atoms with Gasteiger partial charge in [0.25, 0.3) is 0 Å². The van der Waals surface area contributed by atoms with Crippen molar-refractivity contribution in [1.82, 2.24) is 4.98 Å². The quantitative estimate of drug-likeness (QED) is 0.761. The van der Waals surface area contributed by atoms with E-state index in [9.17, 15) is 0 Å². The molecule has 2 nitrogen and oxygen atoms in total. The third-order valence-corrected chi connectivity index (χ3v) is 3.88. The number of hydrogen-bond acceptors (Lipinski definition) is 2. The zero-order valence-corrected chi connectivity index (χ0v) is 11.1. The molecule has 2 unspecified atom stereocenters. The minimum Gasteiger partial charge on any atom is -0.478 e. The van der Waals surface area contributed by atoms with Crippen molar-refractivity contribution in [2.75, 3.05) is 6.61 Å². The highest BCUT2D eigenvalue weighted by molar-refractivity contribution is 9.09. The van der Waals surface area contributed by atoms with Crippen molar-refractivity contribution in [3.63, 3.8) is 0 Å². The van der Waals surface area contributed by atoms with Gasteiger partial charge in [0.05, 0.1) is 6.61 Å². The zero-order valence-electron chi connectivity index (χ0n) is 9.53. The number of hydrogen-bond donors (Lipinski definition) is 0. The first kappa shape index (κ1) is 12.5. The van der Waals surface area contributed by atoms with Crippen LogP contribution in [0.5, 0.6) is 5.88 Å². The molecule has 0 saturated heterocycles. The van der Waals surface area contributed by atoms with Crippen LogP contribution < -0.4 is 4.74 Å². The Kier molecular flexibility index (Phi) is 5.09. The molecule has 1 heterocycles. The SMILES string of the molecule is CCOc1cccc(C(C)C(Br)CC)n1. The molecule has 0 aliphatic heterocycles. The lowest BCUT2D eigenvalue weighted by Crippen LogP contribution is -2.10. The maximum Gasteiger partial charge on any atom is 0.213 e. The van der Waals surface area contributed by atoms with Crippen LogP contribution in [-0.2, 0) is 0 Å². The van der Waals surface area contributed by atoms with Crippen LogP contribution in [0.25, 0.3) is 0 Å². The summed E-state index contributed by atoms with van der Waals surface area (Å²) in [5.41, 5.74) is 1.09. The van der Waals surface area contributed by atoms with Gasteiger partial charge in [0.2, 0.25) is 5.88 Å². The Morgan fingerprint density at radius 2 is 2.13 bits per heavy atom. The molecule has 0 radical (unpaired) electrons. The van der Waals surface area contributed by atoms with Gasteiger partial charge >= 0.3 is 0 Å². The molecule has 0 saturated carbocycles. The summed E-state index contributed by atoms with van der Waals surface area (Å²) in [6.45, 7) is 6.98. The summed E-state index contributed by atoms with van der Waals surface area (Å²) in [7, 11) is 0. The second-order valence-corrected chi connectivity index (χ2v) is 4.72. The van der Waals surface area contributed by atoms with Crippen LogP contribution in [0.1, 0.15) is 38.8 Å². The molecular formula is C12H18BrNO. The molecule has 0 fully saturated rings. The third kappa shape index (κ3) is 3.49. The van der Waals surface area contributed by atoms with E-state index in [0.29, 0.717) is 17.4 Å². The van der Waals surface area contributed by atoms with Gasteiger partial charge in [0.15, 0.2) is 0 Å². The predicted octanol–water partition coefficient (Wildman–Crippen LogP) is 3.76. The van der Waals surface area contributed by atoms with Gasteiger partial charge in [-0.15, -0.1) is 0 Å². The standard InChI is InChI=1S/C12H18BrNO/c1-4-10(13)9(3)11-7-6-8-12(14-11)15-5-2/h6-10H,4-5H2,1-3H3. The maximum atomic E-state index is 5.38. The lowest BCUT2D eigenvalue weighted by atomic mass is 10.0. The van der Waals surface area contributed by atoms with E-state index in [1.54, 1.807) is 0 Å². The first-order valence-corrected chi connectivity index (χ1v) is 6.34. The van der Waals surface area contributed by atoms with E-state index in [1.165, 1.54) is 0 Å². The van der Waals surface area contributed by atoms with Gasteiger partial charge in [-0.25, -0.2) is 4.98 Å². The molecule has 3 heteroatoms. The highest BCUT2D eigenvalue weighted by Crippen LogP contribution is 2.26. The lowest BCUT2D eigenvalue weighted by Gasteiger charge is -2.16. The van der Waals surface area contributed by atoms with E-state index in [1.807, 2.05) is 19.1 Å². The van der Waals surface area contributed by atoms with Crippen molar-refractivity contribution in [3.05, 3.63) is 23.9 Å². The number of alkyl halides is 1.